The Balaban J connectivity index is 3.87. The van der Waals surface area contributed by atoms with Gasteiger partial charge in [0.2, 0.25) is 5.91 Å². The highest BCUT2D eigenvalue weighted by atomic mass is 16.5. The van der Waals surface area contributed by atoms with Crippen molar-refractivity contribution in [2.75, 3.05) is 19.8 Å². The molecule has 104 valence electrons. The van der Waals surface area contributed by atoms with Crippen LogP contribution in [0.15, 0.2) is 0 Å². The van der Waals surface area contributed by atoms with Crippen LogP contribution in [0.1, 0.15) is 47.0 Å². The number of rotatable bonds is 9. The van der Waals surface area contributed by atoms with Crippen molar-refractivity contribution in [3.8, 4) is 6.07 Å². The van der Waals surface area contributed by atoms with Gasteiger partial charge in [0.1, 0.15) is 5.41 Å². The fraction of sp³-hybridized carbons (Fsp3) is 0.857. The lowest BCUT2D eigenvalue weighted by molar-refractivity contribution is -0.128. The third kappa shape index (κ3) is 5.50. The molecule has 0 aliphatic carbocycles. The number of nitriles is 1. The van der Waals surface area contributed by atoms with Gasteiger partial charge in [0, 0.05) is 19.8 Å². The van der Waals surface area contributed by atoms with Crippen molar-refractivity contribution in [1.82, 2.24) is 5.32 Å². The van der Waals surface area contributed by atoms with Gasteiger partial charge in [-0.25, -0.2) is 0 Å². The average Bonchev–Trinajstić information content (AvgIpc) is 2.36. The van der Waals surface area contributed by atoms with Gasteiger partial charge < -0.3 is 10.1 Å². The second kappa shape index (κ2) is 8.93. The molecule has 0 aliphatic rings. The van der Waals surface area contributed by atoms with Crippen LogP contribution in [0.3, 0.4) is 0 Å². The first-order chi connectivity index (χ1) is 8.52. The maximum Gasteiger partial charge on any atom is 0.240 e. The van der Waals surface area contributed by atoms with Crippen molar-refractivity contribution in [3.63, 3.8) is 0 Å². The summed E-state index contributed by atoms with van der Waals surface area (Å²) in [6, 6.07) is 2.14. The van der Waals surface area contributed by atoms with Gasteiger partial charge in [-0.1, -0.05) is 27.7 Å². The molecule has 4 nitrogen and oxygen atoms in total. The lowest BCUT2D eigenvalue weighted by Gasteiger charge is -2.22. The topological polar surface area (TPSA) is 62.1 Å². The first-order valence-electron chi connectivity index (χ1n) is 6.79. The molecule has 1 amide bonds. The number of hydrogen-bond donors (Lipinski definition) is 1. The highest BCUT2D eigenvalue weighted by Gasteiger charge is 2.34. The Labute approximate surface area is 111 Å². The van der Waals surface area contributed by atoms with Gasteiger partial charge in [-0.05, 0) is 25.2 Å². The zero-order valence-corrected chi connectivity index (χ0v) is 12.1. The molecule has 0 spiro atoms. The predicted octanol–water partition coefficient (Wildman–Crippen LogP) is 2.50. The summed E-state index contributed by atoms with van der Waals surface area (Å²) in [6.07, 6.45) is 1.89. The Kier molecular flexibility index (Phi) is 8.40. The molecule has 1 N–H and O–H groups in total. The molecular formula is C14H26N2O2. The number of amides is 1. The largest absolute Gasteiger partial charge is 0.381 e. The maximum atomic E-state index is 11.9. The van der Waals surface area contributed by atoms with Crippen LogP contribution >= 0.6 is 0 Å². The Morgan fingerprint density at radius 3 is 2.44 bits per heavy atom. The number of ether oxygens (including phenoxy) is 1. The van der Waals surface area contributed by atoms with Crippen LogP contribution in [-0.4, -0.2) is 25.7 Å². The SMILES string of the molecule is CCC(C#N)(CC)C(=O)NCCCOCC(C)C. The zero-order valence-electron chi connectivity index (χ0n) is 12.1. The molecule has 0 fully saturated rings. The van der Waals surface area contributed by atoms with E-state index in [-0.39, 0.29) is 5.91 Å². The van der Waals surface area contributed by atoms with E-state index in [2.05, 4.69) is 25.2 Å². The summed E-state index contributed by atoms with van der Waals surface area (Å²) in [5.41, 5.74) is -0.862. The van der Waals surface area contributed by atoms with Crippen LogP contribution < -0.4 is 5.32 Å². The van der Waals surface area contributed by atoms with E-state index in [9.17, 15) is 4.79 Å². The quantitative estimate of drug-likeness (QED) is 0.643. The van der Waals surface area contributed by atoms with E-state index in [4.69, 9.17) is 10.00 Å². The predicted molar refractivity (Wildman–Crippen MR) is 71.9 cm³/mol. The third-order valence-electron chi connectivity index (χ3n) is 3.06. The standard InChI is InChI=1S/C14H26N2O2/c1-5-14(6-2,11-15)13(17)16-8-7-9-18-10-12(3)4/h12H,5-10H2,1-4H3,(H,16,17). The lowest BCUT2D eigenvalue weighted by Crippen LogP contribution is -2.40. The van der Waals surface area contributed by atoms with E-state index in [1.54, 1.807) is 0 Å². The molecule has 0 atom stereocenters. The zero-order chi connectivity index (χ0) is 14.0. The van der Waals surface area contributed by atoms with E-state index >= 15 is 0 Å². The normalized spacial score (nSPS) is 11.3. The Bertz CT molecular complexity index is 278. The van der Waals surface area contributed by atoms with Crippen LogP contribution in [0.4, 0.5) is 0 Å². The minimum absolute atomic E-state index is 0.154. The van der Waals surface area contributed by atoms with Crippen LogP contribution in [0, 0.1) is 22.7 Å². The van der Waals surface area contributed by atoms with Gasteiger partial charge in [0.15, 0.2) is 0 Å². The smallest absolute Gasteiger partial charge is 0.240 e. The molecule has 0 radical (unpaired) electrons. The summed E-state index contributed by atoms with van der Waals surface area (Å²) >= 11 is 0. The molecular weight excluding hydrogens is 228 g/mol. The molecule has 0 heterocycles. The molecule has 0 unspecified atom stereocenters. The highest BCUT2D eigenvalue weighted by molar-refractivity contribution is 5.85. The first-order valence-corrected chi connectivity index (χ1v) is 6.79. The van der Waals surface area contributed by atoms with E-state index in [1.165, 1.54) is 0 Å². The van der Waals surface area contributed by atoms with Gasteiger partial charge in [0.25, 0.3) is 0 Å². The van der Waals surface area contributed by atoms with Crippen LogP contribution in [-0.2, 0) is 9.53 Å². The molecule has 0 aromatic heterocycles. The Morgan fingerprint density at radius 1 is 1.39 bits per heavy atom. The molecule has 0 saturated carbocycles. The summed E-state index contributed by atoms with van der Waals surface area (Å²) in [4.78, 5) is 11.9. The summed E-state index contributed by atoms with van der Waals surface area (Å²) in [6.45, 7) is 9.92. The lowest BCUT2D eigenvalue weighted by atomic mass is 9.83. The van der Waals surface area contributed by atoms with Crippen LogP contribution in [0.2, 0.25) is 0 Å². The van der Waals surface area contributed by atoms with Crippen LogP contribution in [0.25, 0.3) is 0 Å². The molecule has 18 heavy (non-hydrogen) atoms. The van der Waals surface area contributed by atoms with E-state index < -0.39 is 5.41 Å². The Hall–Kier alpha value is -1.08. The Morgan fingerprint density at radius 2 is 2.00 bits per heavy atom. The summed E-state index contributed by atoms with van der Waals surface area (Å²) in [7, 11) is 0. The van der Waals surface area contributed by atoms with Crippen molar-refractivity contribution >= 4 is 5.91 Å². The van der Waals surface area contributed by atoms with E-state index in [0.29, 0.717) is 31.9 Å². The summed E-state index contributed by atoms with van der Waals surface area (Å²) in [5, 5.41) is 11.9. The molecule has 0 rings (SSSR count). The van der Waals surface area contributed by atoms with E-state index in [0.717, 1.165) is 13.0 Å². The minimum Gasteiger partial charge on any atom is -0.381 e. The molecule has 0 aromatic rings. The fourth-order valence-corrected chi connectivity index (χ4v) is 1.64. The average molecular weight is 254 g/mol. The molecule has 0 saturated heterocycles. The maximum absolute atomic E-state index is 11.9. The number of carbonyl (C=O) groups excluding carboxylic acids is 1. The fourth-order valence-electron chi connectivity index (χ4n) is 1.64. The third-order valence-corrected chi connectivity index (χ3v) is 3.06. The number of nitrogens with zero attached hydrogens (tertiary/aromatic N) is 1. The van der Waals surface area contributed by atoms with Crippen LogP contribution in [0.5, 0.6) is 0 Å². The summed E-state index contributed by atoms with van der Waals surface area (Å²) < 4.78 is 5.43. The second-order valence-electron chi connectivity index (χ2n) is 4.98. The van der Waals surface area contributed by atoms with Crippen molar-refractivity contribution in [2.24, 2.45) is 11.3 Å². The van der Waals surface area contributed by atoms with Gasteiger partial charge in [-0.2, -0.15) is 5.26 Å². The van der Waals surface area contributed by atoms with Gasteiger partial charge >= 0.3 is 0 Å². The first kappa shape index (κ1) is 16.9. The van der Waals surface area contributed by atoms with Gasteiger partial charge in [0.05, 0.1) is 6.07 Å². The minimum atomic E-state index is -0.862. The molecule has 0 aromatic carbocycles. The number of hydrogen-bond acceptors (Lipinski definition) is 3. The van der Waals surface area contributed by atoms with Crippen molar-refractivity contribution in [2.45, 2.75) is 47.0 Å². The molecule has 4 heteroatoms. The monoisotopic (exact) mass is 254 g/mol. The van der Waals surface area contributed by atoms with Crippen molar-refractivity contribution < 1.29 is 9.53 Å². The van der Waals surface area contributed by atoms with Crippen molar-refractivity contribution in [3.05, 3.63) is 0 Å². The summed E-state index contributed by atoms with van der Waals surface area (Å²) in [5.74, 6) is 0.380. The van der Waals surface area contributed by atoms with Crippen molar-refractivity contribution in [1.29, 1.82) is 5.26 Å². The molecule has 0 bridgehead atoms. The van der Waals surface area contributed by atoms with Gasteiger partial charge in [-0.3, -0.25) is 4.79 Å². The highest BCUT2D eigenvalue weighted by Crippen LogP contribution is 2.25. The van der Waals surface area contributed by atoms with E-state index in [1.807, 2.05) is 13.8 Å². The molecule has 0 aliphatic heterocycles. The van der Waals surface area contributed by atoms with Gasteiger partial charge in [-0.15, -0.1) is 0 Å². The number of carbonyl (C=O) groups is 1. The second-order valence-corrected chi connectivity index (χ2v) is 4.98. The number of nitrogens with one attached hydrogen (secondary N) is 1.